The lowest BCUT2D eigenvalue weighted by Gasteiger charge is -2.07. The third-order valence-corrected chi connectivity index (χ3v) is 1.59. The Morgan fingerprint density at radius 3 is 2.75 bits per heavy atom. The van der Waals surface area contributed by atoms with E-state index >= 15 is 0 Å². The largest absolute Gasteiger partial charge is 0.504 e. The van der Waals surface area contributed by atoms with Gasteiger partial charge in [-0.1, -0.05) is 6.07 Å². The van der Waals surface area contributed by atoms with Gasteiger partial charge in [-0.15, -0.1) is 0 Å². The van der Waals surface area contributed by atoms with E-state index < -0.39 is 5.82 Å². The van der Waals surface area contributed by atoms with Crippen molar-refractivity contribution in [3.63, 3.8) is 0 Å². The number of aromatic hydroxyl groups is 1. The van der Waals surface area contributed by atoms with Crippen LogP contribution in [0.4, 0.5) is 4.39 Å². The standard InChI is InChI=1S/C8H10FNO2/c1-12-8-6(9)3-2-5(4-10)7(8)11/h2-3,11H,4,10H2,1H3. The molecule has 0 bridgehead atoms. The number of ether oxygens (including phenoxy) is 1. The van der Waals surface area contributed by atoms with Gasteiger partial charge in [-0.25, -0.2) is 4.39 Å². The fourth-order valence-corrected chi connectivity index (χ4v) is 0.946. The molecular weight excluding hydrogens is 161 g/mol. The Balaban J connectivity index is 3.24. The molecule has 66 valence electrons. The quantitative estimate of drug-likeness (QED) is 0.697. The molecular formula is C8H10FNO2. The van der Waals surface area contributed by atoms with Gasteiger partial charge in [0.1, 0.15) is 0 Å². The van der Waals surface area contributed by atoms with Crippen LogP contribution in [0.25, 0.3) is 0 Å². The highest BCUT2D eigenvalue weighted by Gasteiger charge is 2.11. The van der Waals surface area contributed by atoms with Gasteiger partial charge in [-0.3, -0.25) is 0 Å². The molecule has 1 rings (SSSR count). The van der Waals surface area contributed by atoms with Crippen LogP contribution < -0.4 is 10.5 Å². The van der Waals surface area contributed by atoms with E-state index in [1.165, 1.54) is 19.2 Å². The molecule has 0 heterocycles. The first-order valence-corrected chi connectivity index (χ1v) is 3.45. The molecule has 3 N–H and O–H groups in total. The van der Waals surface area contributed by atoms with Crippen molar-refractivity contribution in [2.75, 3.05) is 7.11 Å². The number of hydrogen-bond acceptors (Lipinski definition) is 3. The monoisotopic (exact) mass is 171 g/mol. The van der Waals surface area contributed by atoms with Crippen molar-refractivity contribution in [3.8, 4) is 11.5 Å². The van der Waals surface area contributed by atoms with Crippen LogP contribution in [0.2, 0.25) is 0 Å². The second kappa shape index (κ2) is 3.40. The number of hydrogen-bond donors (Lipinski definition) is 2. The van der Waals surface area contributed by atoms with Crippen LogP contribution >= 0.6 is 0 Å². The molecule has 0 spiro atoms. The normalized spacial score (nSPS) is 9.92. The molecule has 0 amide bonds. The molecule has 0 aliphatic rings. The van der Waals surface area contributed by atoms with Crippen molar-refractivity contribution < 1.29 is 14.2 Å². The summed E-state index contributed by atoms with van der Waals surface area (Å²) in [7, 11) is 1.29. The molecule has 0 atom stereocenters. The molecule has 4 heteroatoms. The average Bonchev–Trinajstić information content (AvgIpc) is 2.06. The molecule has 0 saturated carbocycles. The minimum Gasteiger partial charge on any atom is -0.504 e. The summed E-state index contributed by atoms with van der Waals surface area (Å²) in [4.78, 5) is 0. The first kappa shape index (κ1) is 8.80. The maximum Gasteiger partial charge on any atom is 0.196 e. The van der Waals surface area contributed by atoms with Crippen LogP contribution in [-0.2, 0) is 6.54 Å². The highest BCUT2D eigenvalue weighted by Crippen LogP contribution is 2.31. The first-order valence-electron chi connectivity index (χ1n) is 3.45. The molecule has 1 aromatic rings. The number of phenols is 1. The molecule has 0 aliphatic carbocycles. The lowest BCUT2D eigenvalue weighted by atomic mass is 10.2. The topological polar surface area (TPSA) is 55.5 Å². The number of rotatable bonds is 2. The SMILES string of the molecule is COc1c(F)ccc(CN)c1O. The van der Waals surface area contributed by atoms with Crippen LogP contribution in [0, 0.1) is 5.82 Å². The van der Waals surface area contributed by atoms with Gasteiger partial charge in [-0.05, 0) is 6.07 Å². The summed E-state index contributed by atoms with van der Waals surface area (Å²) in [5, 5.41) is 9.32. The minimum atomic E-state index is -0.591. The van der Waals surface area contributed by atoms with E-state index in [1.54, 1.807) is 0 Å². The smallest absolute Gasteiger partial charge is 0.196 e. The second-order valence-electron chi connectivity index (χ2n) is 2.29. The van der Waals surface area contributed by atoms with Gasteiger partial charge in [-0.2, -0.15) is 0 Å². The van der Waals surface area contributed by atoms with E-state index in [0.717, 1.165) is 0 Å². The summed E-state index contributed by atoms with van der Waals surface area (Å²) in [5.41, 5.74) is 5.75. The van der Waals surface area contributed by atoms with Crippen molar-refractivity contribution in [3.05, 3.63) is 23.5 Å². The van der Waals surface area contributed by atoms with Crippen LogP contribution in [0.5, 0.6) is 11.5 Å². The zero-order valence-corrected chi connectivity index (χ0v) is 6.67. The van der Waals surface area contributed by atoms with Gasteiger partial charge in [0.25, 0.3) is 0 Å². The van der Waals surface area contributed by atoms with Crippen molar-refractivity contribution in [2.24, 2.45) is 5.73 Å². The molecule has 1 aromatic carbocycles. The molecule has 0 fully saturated rings. The summed E-state index contributed by atoms with van der Waals surface area (Å²) < 4.78 is 17.5. The van der Waals surface area contributed by atoms with Crippen molar-refractivity contribution in [2.45, 2.75) is 6.54 Å². The number of benzene rings is 1. The molecule has 0 unspecified atom stereocenters. The fourth-order valence-electron chi connectivity index (χ4n) is 0.946. The Morgan fingerprint density at radius 2 is 2.25 bits per heavy atom. The summed E-state index contributed by atoms with van der Waals surface area (Å²) in [6, 6.07) is 2.63. The minimum absolute atomic E-state index is 0.155. The zero-order valence-electron chi connectivity index (χ0n) is 6.67. The number of methoxy groups -OCH3 is 1. The Labute approximate surface area is 69.6 Å². The summed E-state index contributed by atoms with van der Waals surface area (Å²) in [6.07, 6.45) is 0. The number of phenolic OH excluding ortho intramolecular Hbond substituents is 1. The Morgan fingerprint density at radius 1 is 1.58 bits per heavy atom. The summed E-state index contributed by atoms with van der Waals surface area (Å²) in [5.74, 6) is -0.967. The van der Waals surface area contributed by atoms with Crippen molar-refractivity contribution in [1.82, 2.24) is 0 Å². The maximum absolute atomic E-state index is 12.8. The molecule has 12 heavy (non-hydrogen) atoms. The Hall–Kier alpha value is -1.29. The molecule has 0 aliphatic heterocycles. The third kappa shape index (κ3) is 1.33. The van der Waals surface area contributed by atoms with Gasteiger partial charge in [0, 0.05) is 12.1 Å². The average molecular weight is 171 g/mol. The predicted octanol–water partition coefficient (Wildman–Crippen LogP) is 0.999. The van der Waals surface area contributed by atoms with E-state index in [4.69, 9.17) is 5.73 Å². The van der Waals surface area contributed by atoms with E-state index in [2.05, 4.69) is 4.74 Å². The predicted molar refractivity (Wildman–Crippen MR) is 42.5 cm³/mol. The van der Waals surface area contributed by atoms with Gasteiger partial charge >= 0.3 is 0 Å². The van der Waals surface area contributed by atoms with Gasteiger partial charge in [0.05, 0.1) is 7.11 Å². The van der Waals surface area contributed by atoms with Crippen molar-refractivity contribution in [1.29, 1.82) is 0 Å². The lowest BCUT2D eigenvalue weighted by molar-refractivity contribution is 0.349. The van der Waals surface area contributed by atoms with Crippen LogP contribution in [0.1, 0.15) is 5.56 Å². The van der Waals surface area contributed by atoms with E-state index in [-0.39, 0.29) is 18.0 Å². The molecule has 3 nitrogen and oxygen atoms in total. The molecule has 0 aromatic heterocycles. The highest BCUT2D eigenvalue weighted by atomic mass is 19.1. The maximum atomic E-state index is 12.8. The number of halogens is 1. The lowest BCUT2D eigenvalue weighted by Crippen LogP contribution is -1.99. The summed E-state index contributed by atoms with van der Waals surface area (Å²) >= 11 is 0. The van der Waals surface area contributed by atoms with Crippen molar-refractivity contribution >= 4 is 0 Å². The van der Waals surface area contributed by atoms with Gasteiger partial charge < -0.3 is 15.6 Å². The van der Waals surface area contributed by atoms with Crippen LogP contribution in [0.15, 0.2) is 12.1 Å². The highest BCUT2D eigenvalue weighted by molar-refractivity contribution is 5.46. The van der Waals surface area contributed by atoms with Gasteiger partial charge in [0.2, 0.25) is 0 Å². The zero-order chi connectivity index (χ0) is 9.14. The van der Waals surface area contributed by atoms with Crippen LogP contribution in [0.3, 0.4) is 0 Å². The Bertz CT molecular complexity index is 289. The van der Waals surface area contributed by atoms with Gasteiger partial charge in [0.15, 0.2) is 17.3 Å². The van der Waals surface area contributed by atoms with E-state index in [0.29, 0.717) is 5.56 Å². The summed E-state index contributed by atoms with van der Waals surface area (Å²) in [6.45, 7) is 0.155. The first-order chi connectivity index (χ1) is 5.70. The molecule has 0 saturated heterocycles. The van der Waals surface area contributed by atoms with Crippen LogP contribution in [-0.4, -0.2) is 12.2 Å². The second-order valence-corrected chi connectivity index (χ2v) is 2.29. The third-order valence-electron chi connectivity index (χ3n) is 1.59. The molecule has 0 radical (unpaired) electrons. The fraction of sp³-hybridized carbons (Fsp3) is 0.250. The van der Waals surface area contributed by atoms with E-state index in [9.17, 15) is 9.50 Å². The Kier molecular flexibility index (Phi) is 2.50. The number of nitrogens with two attached hydrogens (primary N) is 1. The van der Waals surface area contributed by atoms with E-state index in [1.807, 2.05) is 0 Å².